The highest BCUT2D eigenvalue weighted by molar-refractivity contribution is 7.27. The molecule has 0 saturated carbocycles. The second-order valence-corrected chi connectivity index (χ2v) is 7.73. The van der Waals surface area contributed by atoms with E-state index in [0.29, 0.717) is 12.5 Å². The molecule has 0 aliphatic heterocycles. The van der Waals surface area contributed by atoms with E-state index in [-0.39, 0.29) is 51.9 Å². The highest BCUT2D eigenvalue weighted by Crippen LogP contribution is 2.25. The van der Waals surface area contributed by atoms with Gasteiger partial charge in [0.15, 0.2) is 17.4 Å². The zero-order valence-corrected chi connectivity index (χ0v) is 19.8. The molecule has 188 valence electrons. The van der Waals surface area contributed by atoms with Gasteiger partial charge in [-0.2, -0.15) is 4.39 Å². The lowest BCUT2D eigenvalue weighted by Crippen LogP contribution is -2.27. The third-order valence-corrected chi connectivity index (χ3v) is 5.11. The van der Waals surface area contributed by atoms with Gasteiger partial charge in [0, 0.05) is 6.61 Å². The maximum absolute atomic E-state index is 13.7. The monoisotopic (exact) mass is 499 g/mol. The zero-order valence-electron chi connectivity index (χ0n) is 18.7. The Kier molecular flexibility index (Phi) is 14.1. The van der Waals surface area contributed by atoms with Gasteiger partial charge in [-0.3, -0.25) is 9.59 Å². The maximum Gasteiger partial charge on any atom is 0.313 e. The van der Waals surface area contributed by atoms with Gasteiger partial charge < -0.3 is 24.3 Å². The first-order chi connectivity index (χ1) is 15.7. The molecule has 0 heterocycles. The smallest absolute Gasteiger partial charge is 0.313 e. The van der Waals surface area contributed by atoms with Crippen LogP contribution in [0.5, 0.6) is 5.75 Å². The summed E-state index contributed by atoms with van der Waals surface area (Å²) in [5, 5.41) is 1.88. The quantitative estimate of drug-likeness (QED) is 0.0551. The Hall–Kier alpha value is -1.81. The van der Waals surface area contributed by atoms with Gasteiger partial charge in [-0.05, 0) is 12.3 Å². The summed E-state index contributed by atoms with van der Waals surface area (Å²) in [6, 6.07) is 0. The van der Waals surface area contributed by atoms with E-state index in [1.54, 1.807) is 9.24 Å². The fraction of sp³-hybridized carbons (Fsp3) is 0.619. The van der Waals surface area contributed by atoms with Crippen molar-refractivity contribution in [1.82, 2.24) is 5.32 Å². The van der Waals surface area contributed by atoms with E-state index in [1.165, 1.54) is 0 Å². The average Bonchev–Trinajstić information content (AvgIpc) is 2.80. The minimum atomic E-state index is -2.07. The predicted octanol–water partition coefficient (Wildman–Crippen LogP) is 2.99. The van der Waals surface area contributed by atoms with E-state index in [1.807, 2.05) is 0 Å². The second kappa shape index (κ2) is 15.9. The van der Waals surface area contributed by atoms with Crippen LogP contribution in [0.15, 0.2) is 0 Å². The molecular formula is C21H30F4NO6P. The summed E-state index contributed by atoms with van der Waals surface area (Å²) in [6.07, 6.45) is 1.82. The summed E-state index contributed by atoms with van der Waals surface area (Å²) in [4.78, 5) is 23.3. The van der Waals surface area contributed by atoms with Crippen molar-refractivity contribution in [3.05, 3.63) is 23.3 Å². The molecule has 12 heteroatoms. The van der Waals surface area contributed by atoms with Crippen molar-refractivity contribution in [3.8, 4) is 5.75 Å². The summed E-state index contributed by atoms with van der Waals surface area (Å²) in [5.41, 5.74) is 0. The van der Waals surface area contributed by atoms with Gasteiger partial charge >= 0.3 is 5.97 Å². The number of rotatable bonds is 16. The van der Waals surface area contributed by atoms with Crippen LogP contribution >= 0.6 is 9.24 Å². The summed E-state index contributed by atoms with van der Waals surface area (Å²) >= 11 is 0. The molecule has 0 saturated heterocycles. The van der Waals surface area contributed by atoms with Gasteiger partial charge in [0.25, 0.3) is 0 Å². The van der Waals surface area contributed by atoms with E-state index in [0.717, 1.165) is 12.8 Å². The molecule has 0 bridgehead atoms. The Morgan fingerprint density at radius 3 is 2.12 bits per heavy atom. The lowest BCUT2D eigenvalue weighted by atomic mass is 10.1. The number of carbonyl (C=O) groups is 2. The predicted molar refractivity (Wildman–Crippen MR) is 115 cm³/mol. The normalized spacial score (nSPS) is 12.0. The lowest BCUT2D eigenvalue weighted by Gasteiger charge is -2.11. The molecule has 0 aromatic heterocycles. The molecular weight excluding hydrogens is 469 g/mol. The topological polar surface area (TPSA) is 83.1 Å². The molecule has 1 aromatic rings. The van der Waals surface area contributed by atoms with E-state index < -0.39 is 40.3 Å². The highest BCUT2D eigenvalue weighted by atomic mass is 31.0. The summed E-state index contributed by atoms with van der Waals surface area (Å²) < 4.78 is 73.8. The first kappa shape index (κ1) is 29.2. The van der Waals surface area contributed by atoms with Gasteiger partial charge in [-0.1, -0.05) is 29.5 Å². The largest absolute Gasteiger partial charge is 0.422 e. The first-order valence-electron chi connectivity index (χ1n) is 10.5. The van der Waals surface area contributed by atoms with Crippen LogP contribution in [0.2, 0.25) is 0 Å². The fourth-order valence-electron chi connectivity index (χ4n) is 2.32. The molecule has 2 unspecified atom stereocenters. The van der Waals surface area contributed by atoms with Crippen molar-refractivity contribution in [2.45, 2.75) is 39.5 Å². The third kappa shape index (κ3) is 10.8. The average molecular weight is 499 g/mol. The van der Waals surface area contributed by atoms with Gasteiger partial charge in [-0.15, -0.1) is 0 Å². The molecule has 0 fully saturated rings. The first-order valence-corrected chi connectivity index (χ1v) is 11.1. The van der Waals surface area contributed by atoms with E-state index >= 15 is 0 Å². The summed E-state index contributed by atoms with van der Waals surface area (Å²) in [5.74, 6) is -9.23. The number of hydrogen-bond donors (Lipinski definition) is 1. The molecule has 1 N–H and O–H groups in total. The van der Waals surface area contributed by atoms with Crippen molar-refractivity contribution in [1.29, 1.82) is 0 Å². The van der Waals surface area contributed by atoms with E-state index in [2.05, 4.69) is 23.9 Å². The van der Waals surface area contributed by atoms with Gasteiger partial charge in [0.2, 0.25) is 17.5 Å². The molecule has 0 aliphatic carbocycles. The van der Waals surface area contributed by atoms with Crippen LogP contribution in [0.1, 0.15) is 39.5 Å². The van der Waals surface area contributed by atoms with Gasteiger partial charge in [-0.25, -0.2) is 13.2 Å². The van der Waals surface area contributed by atoms with Gasteiger partial charge in [0.1, 0.15) is 6.73 Å². The van der Waals surface area contributed by atoms with Crippen LogP contribution in [0, 0.1) is 29.2 Å². The van der Waals surface area contributed by atoms with Crippen LogP contribution in [-0.2, 0) is 23.8 Å². The zero-order chi connectivity index (χ0) is 24.8. The van der Waals surface area contributed by atoms with Crippen molar-refractivity contribution in [2.75, 3.05) is 39.8 Å². The van der Waals surface area contributed by atoms with Crippen molar-refractivity contribution < 1.29 is 46.1 Å². The van der Waals surface area contributed by atoms with Crippen LogP contribution in [-0.4, -0.2) is 51.6 Å². The number of ether oxygens (including phenoxy) is 4. The molecule has 1 aromatic carbocycles. The number of benzene rings is 1. The Bertz CT molecular complexity index is 755. The Balaban J connectivity index is 2.10. The summed E-state index contributed by atoms with van der Waals surface area (Å²) in [6.45, 7) is 5.28. The van der Waals surface area contributed by atoms with Crippen LogP contribution in [0.3, 0.4) is 0 Å². The second-order valence-electron chi connectivity index (χ2n) is 7.15. The standard InChI is InChI=1S/C21H30F4NO6P/c1-3-13(2)4-7-31-12-26-14(27)5-8-29-10-11-30-9-6-15(28)32-20-18(24)16(22)17(23)19(25)21(20)33/h13H,3-12,33H2,1-2H3,(H,26,27). The molecule has 33 heavy (non-hydrogen) atoms. The molecule has 2 atom stereocenters. The number of amides is 1. The van der Waals surface area contributed by atoms with Gasteiger partial charge in [0.05, 0.1) is 44.6 Å². The van der Waals surface area contributed by atoms with Crippen LogP contribution < -0.4 is 15.4 Å². The number of halogens is 4. The Morgan fingerprint density at radius 1 is 0.879 bits per heavy atom. The number of esters is 1. The Labute approximate surface area is 192 Å². The number of nitrogens with one attached hydrogen (secondary N) is 1. The highest BCUT2D eigenvalue weighted by Gasteiger charge is 2.25. The molecule has 0 aliphatic rings. The van der Waals surface area contributed by atoms with Crippen LogP contribution in [0.25, 0.3) is 0 Å². The number of hydrogen-bond acceptors (Lipinski definition) is 6. The fourth-order valence-corrected chi connectivity index (χ4v) is 2.63. The Morgan fingerprint density at radius 2 is 1.48 bits per heavy atom. The summed E-state index contributed by atoms with van der Waals surface area (Å²) in [7, 11) is 1.65. The van der Waals surface area contributed by atoms with E-state index in [9.17, 15) is 27.2 Å². The molecule has 1 amide bonds. The molecule has 1 rings (SSSR count). The van der Waals surface area contributed by atoms with Crippen LogP contribution in [0.4, 0.5) is 17.6 Å². The SMILES string of the molecule is CCC(C)CCOCNC(=O)CCOCCOCCC(=O)Oc1c(F)c(F)c(F)c(F)c1P. The van der Waals surface area contributed by atoms with Crippen molar-refractivity contribution in [3.63, 3.8) is 0 Å². The molecule has 0 spiro atoms. The minimum Gasteiger partial charge on any atom is -0.422 e. The third-order valence-electron chi connectivity index (χ3n) is 4.59. The number of carbonyl (C=O) groups excluding carboxylic acids is 2. The molecule has 7 nitrogen and oxygen atoms in total. The molecule has 0 radical (unpaired) electrons. The van der Waals surface area contributed by atoms with E-state index in [4.69, 9.17) is 14.2 Å². The minimum absolute atomic E-state index is 0.108. The van der Waals surface area contributed by atoms with Crippen molar-refractivity contribution in [2.24, 2.45) is 5.92 Å². The van der Waals surface area contributed by atoms with Crippen molar-refractivity contribution >= 4 is 26.4 Å². The lowest BCUT2D eigenvalue weighted by molar-refractivity contribution is -0.136. The maximum atomic E-state index is 13.7.